The van der Waals surface area contributed by atoms with Crippen LogP contribution in [-0.4, -0.2) is 75.8 Å². The van der Waals surface area contributed by atoms with Gasteiger partial charge in [-0.1, -0.05) is 6.58 Å². The van der Waals surface area contributed by atoms with Gasteiger partial charge in [-0.2, -0.15) is 8.42 Å². The van der Waals surface area contributed by atoms with Crippen molar-refractivity contribution in [3.63, 3.8) is 0 Å². The van der Waals surface area contributed by atoms with Crippen LogP contribution in [0.4, 0.5) is 0 Å². The van der Waals surface area contributed by atoms with Crippen molar-refractivity contribution in [3.8, 4) is 0 Å². The maximum atomic E-state index is 10.7. The number of carbonyl (C=O) groups excluding carboxylic acids is 1. The molecule has 0 heterocycles. The van der Waals surface area contributed by atoms with E-state index in [0.29, 0.717) is 0 Å². The molecule has 0 aromatic heterocycles. The Balaban J connectivity index is 0. The van der Waals surface area contributed by atoms with E-state index < -0.39 is 21.5 Å². The average molecular weight is 234 g/mol. The minimum atomic E-state index is -4.32. The molecule has 0 aliphatic carbocycles. The van der Waals surface area contributed by atoms with Crippen LogP contribution < -0.4 is 0 Å². The average Bonchev–Trinajstić information content (AvgIpc) is 1.85. The zero-order valence-electron chi connectivity index (χ0n) is 6.77. The van der Waals surface area contributed by atoms with E-state index in [9.17, 15) is 13.2 Å². The van der Waals surface area contributed by atoms with Gasteiger partial charge in [-0.05, 0) is 13.8 Å². The number of rotatable bonds is 3. The van der Waals surface area contributed by atoms with Crippen LogP contribution in [0.1, 0.15) is 13.8 Å². The predicted molar refractivity (Wildman–Crippen MR) is 49.1 cm³/mol. The van der Waals surface area contributed by atoms with Crippen molar-refractivity contribution >= 4 is 67.5 Å². The van der Waals surface area contributed by atoms with E-state index in [4.69, 9.17) is 4.55 Å². The summed E-state index contributed by atoms with van der Waals surface area (Å²) in [6.45, 7) is 5.66. The van der Waals surface area contributed by atoms with Gasteiger partial charge in [0.15, 0.2) is 0 Å². The Morgan fingerprint density at radius 3 is 2.15 bits per heavy atom. The Labute approximate surface area is 120 Å². The predicted octanol–water partition coefficient (Wildman–Crippen LogP) is -0.309. The summed E-state index contributed by atoms with van der Waals surface area (Å²) >= 11 is 0. The van der Waals surface area contributed by atoms with E-state index in [-0.39, 0.29) is 57.0 Å². The number of hydrogen-bond acceptors (Lipinski definition) is 4. The summed E-state index contributed by atoms with van der Waals surface area (Å²) in [5.74, 6) is -0.847. The van der Waals surface area contributed by atoms with Crippen LogP contribution in [-0.2, 0) is 19.6 Å². The van der Waals surface area contributed by atoms with Gasteiger partial charge in [-0.15, -0.1) is 0 Å². The first-order valence-electron chi connectivity index (χ1n) is 3.08. The third-order valence-corrected chi connectivity index (χ3v) is 1.98. The van der Waals surface area contributed by atoms with Gasteiger partial charge >= 0.3 is 67.5 Å². The van der Waals surface area contributed by atoms with Crippen LogP contribution in [0.2, 0.25) is 0 Å². The quantitative estimate of drug-likeness (QED) is 0.313. The molecular formula is C6H11KO5S. The summed E-state index contributed by atoms with van der Waals surface area (Å²) < 4.78 is 33.4. The Kier molecular flexibility index (Phi) is 7.82. The first-order valence-corrected chi connectivity index (χ1v) is 4.58. The summed E-state index contributed by atoms with van der Waals surface area (Å²) in [5, 5.41) is 0. The third kappa shape index (κ3) is 6.78. The van der Waals surface area contributed by atoms with Gasteiger partial charge in [0.2, 0.25) is 5.44 Å². The molecule has 0 spiro atoms. The molecule has 1 N–H and O–H groups in total. The summed E-state index contributed by atoms with van der Waals surface area (Å²) in [6, 6.07) is 0. The molecule has 0 bridgehead atoms. The molecule has 1 unspecified atom stereocenters. The molecule has 72 valence electrons. The third-order valence-electron chi connectivity index (χ3n) is 1.04. The van der Waals surface area contributed by atoms with Gasteiger partial charge in [0.25, 0.3) is 0 Å². The van der Waals surface area contributed by atoms with Gasteiger partial charge in [0.1, 0.15) is 0 Å². The molecule has 0 radical (unpaired) electrons. The first-order chi connectivity index (χ1) is 5.25. The normalized spacial score (nSPS) is 12.5. The van der Waals surface area contributed by atoms with E-state index in [1.165, 1.54) is 6.92 Å². The van der Waals surface area contributed by atoms with Gasteiger partial charge < -0.3 is 4.74 Å². The standard InChI is InChI=1S/C6H10O5S.K.H/c1-4(2)6(7)11-5(3)12(8,9)10;;/h5H,1H2,2-3H3,(H,8,9,10);;. The van der Waals surface area contributed by atoms with E-state index in [0.717, 1.165) is 6.92 Å². The molecule has 0 rings (SSSR count). The first kappa shape index (κ1) is 16.2. The molecule has 0 aromatic rings. The second-order valence-electron chi connectivity index (χ2n) is 2.27. The molecule has 0 aliphatic heterocycles. The van der Waals surface area contributed by atoms with Crippen LogP contribution in [0.5, 0.6) is 0 Å². The van der Waals surface area contributed by atoms with E-state index >= 15 is 0 Å². The van der Waals surface area contributed by atoms with Crippen molar-refractivity contribution in [2.45, 2.75) is 19.3 Å². The van der Waals surface area contributed by atoms with Gasteiger partial charge in [0.05, 0.1) is 0 Å². The van der Waals surface area contributed by atoms with Crippen LogP contribution in [0.25, 0.3) is 0 Å². The van der Waals surface area contributed by atoms with Crippen LogP contribution in [0.15, 0.2) is 12.2 Å². The Morgan fingerprint density at radius 2 is 1.92 bits per heavy atom. The fraction of sp³-hybridized carbons (Fsp3) is 0.500. The number of hydrogen-bond donors (Lipinski definition) is 1. The summed E-state index contributed by atoms with van der Waals surface area (Å²) in [7, 11) is -4.32. The zero-order chi connectivity index (χ0) is 9.94. The second kappa shape index (κ2) is 6.28. The minimum absolute atomic E-state index is 0. The molecule has 5 nitrogen and oxygen atoms in total. The van der Waals surface area contributed by atoms with E-state index in [2.05, 4.69) is 11.3 Å². The van der Waals surface area contributed by atoms with Gasteiger partial charge in [0, 0.05) is 5.57 Å². The van der Waals surface area contributed by atoms with Crippen molar-refractivity contribution < 1.29 is 22.5 Å². The second-order valence-corrected chi connectivity index (χ2v) is 3.96. The summed E-state index contributed by atoms with van der Waals surface area (Å²) in [5.41, 5.74) is -1.48. The van der Waals surface area contributed by atoms with Crippen LogP contribution in [0, 0.1) is 0 Å². The van der Waals surface area contributed by atoms with Crippen LogP contribution in [0.3, 0.4) is 0 Å². The summed E-state index contributed by atoms with van der Waals surface area (Å²) in [6.07, 6.45) is 0. The van der Waals surface area contributed by atoms with Crippen LogP contribution >= 0.6 is 0 Å². The van der Waals surface area contributed by atoms with Crippen molar-refractivity contribution in [1.29, 1.82) is 0 Å². The van der Waals surface area contributed by atoms with E-state index in [1.807, 2.05) is 0 Å². The molecular weight excluding hydrogens is 223 g/mol. The number of carbonyl (C=O) groups is 1. The molecule has 0 aromatic carbocycles. The number of esters is 1. The topological polar surface area (TPSA) is 80.7 Å². The molecule has 7 heteroatoms. The fourth-order valence-electron chi connectivity index (χ4n) is 0.312. The number of ether oxygens (including phenoxy) is 1. The molecule has 0 saturated heterocycles. The Bertz CT molecular complexity index is 294. The Hall–Kier alpha value is 0.756. The monoisotopic (exact) mass is 234 g/mol. The molecule has 1 atom stereocenters. The van der Waals surface area contributed by atoms with Crippen molar-refractivity contribution in [2.24, 2.45) is 0 Å². The maximum absolute atomic E-state index is 10.7. The molecule has 0 amide bonds. The molecule has 0 saturated carbocycles. The van der Waals surface area contributed by atoms with E-state index in [1.54, 1.807) is 0 Å². The van der Waals surface area contributed by atoms with Crippen molar-refractivity contribution in [1.82, 2.24) is 0 Å². The summed E-state index contributed by atoms with van der Waals surface area (Å²) in [4.78, 5) is 10.7. The molecule has 0 aliphatic rings. The van der Waals surface area contributed by atoms with Crippen molar-refractivity contribution in [2.75, 3.05) is 0 Å². The van der Waals surface area contributed by atoms with Crippen molar-refractivity contribution in [3.05, 3.63) is 12.2 Å². The molecule has 0 fully saturated rings. The Morgan fingerprint density at radius 1 is 1.54 bits per heavy atom. The fourth-order valence-corrected chi connectivity index (χ4v) is 0.521. The zero-order valence-corrected chi connectivity index (χ0v) is 7.59. The van der Waals surface area contributed by atoms with Gasteiger partial charge in [-0.3, -0.25) is 4.55 Å². The SMILES string of the molecule is C=C(C)C(=O)OC(C)S(=O)(=O)O.[KH]. The van der Waals surface area contributed by atoms with Gasteiger partial charge in [-0.25, -0.2) is 4.79 Å². The molecule has 13 heavy (non-hydrogen) atoms.